The van der Waals surface area contributed by atoms with Crippen LogP contribution in [0.2, 0.25) is 0 Å². The van der Waals surface area contributed by atoms with Crippen molar-refractivity contribution in [1.29, 1.82) is 0 Å². The molecule has 0 aliphatic carbocycles. The molecule has 0 aromatic carbocycles. The van der Waals surface area contributed by atoms with Crippen LogP contribution < -0.4 is 5.32 Å². The van der Waals surface area contributed by atoms with Gasteiger partial charge in [0.25, 0.3) is 0 Å². The molecule has 16 heavy (non-hydrogen) atoms. The average Bonchev–Trinajstić information content (AvgIpc) is 2.87. The lowest BCUT2D eigenvalue weighted by molar-refractivity contribution is 0.427. The Labute approximate surface area is 97.9 Å². The monoisotopic (exact) mass is 239 g/mol. The van der Waals surface area contributed by atoms with E-state index in [4.69, 9.17) is 0 Å². The molecule has 0 unspecified atom stereocenters. The first-order valence-corrected chi connectivity index (χ1v) is 6.04. The van der Waals surface area contributed by atoms with Gasteiger partial charge in [0.05, 0.1) is 11.4 Å². The normalized spacial score (nSPS) is 10.9. The smallest absolute Gasteiger partial charge is 0.109 e. The van der Waals surface area contributed by atoms with E-state index >= 15 is 0 Å². The number of aromatic nitrogens is 2. The highest BCUT2D eigenvalue weighted by Gasteiger charge is 2.11. The minimum atomic E-state index is -0.384. The maximum Gasteiger partial charge on any atom is 0.109 e. The average molecular weight is 239 g/mol. The quantitative estimate of drug-likeness (QED) is 0.867. The Balaban J connectivity index is 2.34. The zero-order valence-electron chi connectivity index (χ0n) is 9.11. The summed E-state index contributed by atoms with van der Waals surface area (Å²) < 4.78 is 13.9. The number of hydrogen-bond acceptors (Lipinski definition) is 3. The maximum atomic E-state index is 12.3. The molecule has 0 atom stereocenters. The van der Waals surface area contributed by atoms with Gasteiger partial charge >= 0.3 is 0 Å². The number of hydrogen-bond donors (Lipinski definition) is 1. The standard InChI is InChI=1S/C11H14FN3S/c1-13-7-9-8-15(5-4-12)14-11(9)10-3-2-6-16-10/h2-3,6,8,13H,4-5,7H2,1H3. The van der Waals surface area contributed by atoms with Crippen LogP contribution in [0.4, 0.5) is 4.39 Å². The largest absolute Gasteiger partial charge is 0.316 e. The zero-order valence-corrected chi connectivity index (χ0v) is 9.93. The fourth-order valence-corrected chi connectivity index (χ4v) is 2.35. The van der Waals surface area contributed by atoms with Gasteiger partial charge < -0.3 is 5.32 Å². The molecule has 0 saturated heterocycles. The molecule has 5 heteroatoms. The van der Waals surface area contributed by atoms with Gasteiger partial charge in [0.1, 0.15) is 12.4 Å². The zero-order chi connectivity index (χ0) is 11.4. The van der Waals surface area contributed by atoms with Crippen LogP contribution in [0.5, 0.6) is 0 Å². The lowest BCUT2D eigenvalue weighted by Gasteiger charge is -1.97. The summed E-state index contributed by atoms with van der Waals surface area (Å²) in [6.45, 7) is 0.687. The van der Waals surface area contributed by atoms with E-state index in [1.807, 2.05) is 30.8 Å². The summed E-state index contributed by atoms with van der Waals surface area (Å²) in [5.41, 5.74) is 2.07. The third-order valence-electron chi connectivity index (χ3n) is 2.27. The molecule has 0 fully saturated rings. The number of nitrogens with zero attached hydrogens (tertiary/aromatic N) is 2. The molecule has 2 aromatic rings. The summed E-state index contributed by atoms with van der Waals surface area (Å²) in [6, 6.07) is 4.03. The minimum Gasteiger partial charge on any atom is -0.316 e. The van der Waals surface area contributed by atoms with E-state index in [0.717, 1.165) is 22.7 Å². The second-order valence-electron chi connectivity index (χ2n) is 3.46. The summed E-state index contributed by atoms with van der Waals surface area (Å²) in [7, 11) is 1.89. The predicted octanol–water partition coefficient (Wildman–Crippen LogP) is 2.30. The van der Waals surface area contributed by atoms with Crippen LogP contribution in [0.15, 0.2) is 23.7 Å². The van der Waals surface area contributed by atoms with E-state index in [1.165, 1.54) is 0 Å². The lowest BCUT2D eigenvalue weighted by Crippen LogP contribution is -2.05. The van der Waals surface area contributed by atoms with E-state index in [1.54, 1.807) is 16.0 Å². The molecule has 0 radical (unpaired) electrons. The molecule has 0 aliphatic heterocycles. The van der Waals surface area contributed by atoms with Crippen molar-refractivity contribution < 1.29 is 4.39 Å². The third-order valence-corrected chi connectivity index (χ3v) is 3.15. The highest BCUT2D eigenvalue weighted by atomic mass is 32.1. The summed E-state index contributed by atoms with van der Waals surface area (Å²) >= 11 is 1.65. The number of thiophene rings is 1. The van der Waals surface area contributed by atoms with Crippen LogP contribution in [0.1, 0.15) is 5.56 Å². The molecule has 0 saturated carbocycles. The Morgan fingerprint density at radius 1 is 1.56 bits per heavy atom. The Kier molecular flexibility index (Phi) is 3.69. The predicted molar refractivity (Wildman–Crippen MR) is 64.3 cm³/mol. The van der Waals surface area contributed by atoms with Gasteiger partial charge in [0, 0.05) is 18.3 Å². The first kappa shape index (κ1) is 11.3. The molecule has 2 heterocycles. The maximum absolute atomic E-state index is 12.3. The Hall–Kier alpha value is -1.20. The van der Waals surface area contributed by atoms with Gasteiger partial charge in [-0.25, -0.2) is 4.39 Å². The van der Waals surface area contributed by atoms with Crippen LogP contribution in [-0.4, -0.2) is 23.5 Å². The van der Waals surface area contributed by atoms with Crippen LogP contribution in [0.25, 0.3) is 10.6 Å². The van der Waals surface area contributed by atoms with Crippen LogP contribution in [0.3, 0.4) is 0 Å². The summed E-state index contributed by atoms with van der Waals surface area (Å²) in [5.74, 6) is 0. The van der Waals surface area contributed by atoms with Gasteiger partial charge in [-0.1, -0.05) is 6.07 Å². The molecule has 0 aliphatic rings. The van der Waals surface area contributed by atoms with Gasteiger partial charge in [0.2, 0.25) is 0 Å². The van der Waals surface area contributed by atoms with Crippen LogP contribution in [0, 0.1) is 0 Å². The van der Waals surface area contributed by atoms with Gasteiger partial charge in [-0.3, -0.25) is 4.68 Å². The summed E-state index contributed by atoms with van der Waals surface area (Å²) in [5, 5.41) is 9.53. The first-order chi connectivity index (χ1) is 7.85. The molecular weight excluding hydrogens is 225 g/mol. The van der Waals surface area contributed by atoms with Gasteiger partial charge in [0.15, 0.2) is 0 Å². The number of halogens is 1. The van der Waals surface area contributed by atoms with Crippen molar-refractivity contribution in [2.75, 3.05) is 13.7 Å². The number of aryl methyl sites for hydroxylation is 1. The van der Waals surface area contributed by atoms with Crippen molar-refractivity contribution in [3.8, 4) is 10.6 Å². The molecule has 0 amide bonds. The van der Waals surface area contributed by atoms with E-state index in [2.05, 4.69) is 10.4 Å². The molecule has 2 aromatic heterocycles. The van der Waals surface area contributed by atoms with Crippen molar-refractivity contribution in [2.45, 2.75) is 13.1 Å². The van der Waals surface area contributed by atoms with Crippen molar-refractivity contribution in [2.24, 2.45) is 0 Å². The third kappa shape index (κ3) is 2.31. The molecule has 2 rings (SSSR count). The second-order valence-corrected chi connectivity index (χ2v) is 4.41. The molecule has 3 nitrogen and oxygen atoms in total. The minimum absolute atomic E-state index is 0.322. The number of nitrogens with one attached hydrogen (secondary N) is 1. The topological polar surface area (TPSA) is 29.9 Å². The number of alkyl halides is 1. The molecule has 0 spiro atoms. The highest BCUT2D eigenvalue weighted by molar-refractivity contribution is 7.13. The van der Waals surface area contributed by atoms with E-state index < -0.39 is 0 Å². The summed E-state index contributed by atoms with van der Waals surface area (Å²) in [6.07, 6.45) is 1.91. The Bertz CT molecular complexity index is 436. The van der Waals surface area contributed by atoms with Crippen molar-refractivity contribution >= 4 is 11.3 Å². The molecule has 86 valence electrons. The Morgan fingerprint density at radius 3 is 3.06 bits per heavy atom. The fourth-order valence-electron chi connectivity index (χ4n) is 1.60. The van der Waals surface area contributed by atoms with Crippen LogP contribution >= 0.6 is 11.3 Å². The molecular formula is C11H14FN3S. The van der Waals surface area contributed by atoms with Gasteiger partial charge in [-0.2, -0.15) is 5.10 Å². The first-order valence-electron chi connectivity index (χ1n) is 5.16. The van der Waals surface area contributed by atoms with Crippen LogP contribution in [-0.2, 0) is 13.1 Å². The summed E-state index contributed by atoms with van der Waals surface area (Å²) in [4.78, 5) is 1.13. The highest BCUT2D eigenvalue weighted by Crippen LogP contribution is 2.26. The lowest BCUT2D eigenvalue weighted by atomic mass is 10.2. The van der Waals surface area contributed by atoms with Gasteiger partial charge in [-0.15, -0.1) is 11.3 Å². The van der Waals surface area contributed by atoms with Gasteiger partial charge in [-0.05, 0) is 18.5 Å². The van der Waals surface area contributed by atoms with Crippen molar-refractivity contribution in [1.82, 2.24) is 15.1 Å². The molecule has 0 bridgehead atoms. The molecule has 1 N–H and O–H groups in total. The Morgan fingerprint density at radius 2 is 2.44 bits per heavy atom. The van der Waals surface area contributed by atoms with Crippen molar-refractivity contribution in [3.05, 3.63) is 29.3 Å². The van der Waals surface area contributed by atoms with Crippen molar-refractivity contribution in [3.63, 3.8) is 0 Å². The number of rotatable bonds is 5. The SMILES string of the molecule is CNCc1cn(CCF)nc1-c1cccs1. The van der Waals surface area contributed by atoms with E-state index in [-0.39, 0.29) is 6.67 Å². The fraction of sp³-hybridized carbons (Fsp3) is 0.364. The van der Waals surface area contributed by atoms with E-state index in [0.29, 0.717) is 6.54 Å². The second kappa shape index (κ2) is 5.23. The van der Waals surface area contributed by atoms with E-state index in [9.17, 15) is 4.39 Å².